The first-order valence-corrected chi connectivity index (χ1v) is 62.0. The van der Waals surface area contributed by atoms with Crippen LogP contribution in [0.3, 0.4) is 0 Å². The number of rotatable bonds is 18. The molecule has 12 rings (SSSR count). The first-order chi connectivity index (χ1) is 44.1. The summed E-state index contributed by atoms with van der Waals surface area (Å²) in [6, 6.07) is 0. The van der Waals surface area contributed by atoms with E-state index in [0.29, 0.717) is 0 Å². The van der Waals surface area contributed by atoms with Crippen LogP contribution in [0, 0.1) is 0 Å². The Labute approximate surface area is 881 Å². The first kappa shape index (κ1) is 133. The van der Waals surface area contributed by atoms with E-state index in [9.17, 15) is 0 Å². The van der Waals surface area contributed by atoms with Gasteiger partial charge in [-0.3, -0.25) is 0 Å². The molecule has 12 aliphatic rings. The fraction of sp³-hybridized carbons (Fsp3) is 0.400. The van der Waals surface area contributed by atoms with E-state index in [-0.39, 0.29) is 282 Å². The molecule has 0 aromatic carbocycles. The summed E-state index contributed by atoms with van der Waals surface area (Å²) in [5, 5.41) is 40.5. The molecule has 12 aliphatic heterocycles. The average molecular weight is 3120 g/mol. The maximum absolute atomic E-state index is 2.40. The van der Waals surface area contributed by atoms with Crippen molar-refractivity contribution in [2.45, 2.75) is 83.1 Å². The van der Waals surface area contributed by atoms with Gasteiger partial charge in [0.1, 0.15) is 27.9 Å². The second kappa shape index (κ2) is 79.6. The molecule has 0 fully saturated rings. The van der Waals surface area contributed by atoms with Gasteiger partial charge in [0.05, 0.1) is 125 Å². The van der Waals surface area contributed by atoms with Crippen LogP contribution < -0.4 is 0 Å². The van der Waals surface area contributed by atoms with Gasteiger partial charge in [0.25, 0.3) is 0 Å². The molecule has 0 N–H and O–H groups in total. The molecule has 12 heterocycles. The molecule has 0 unspecified atom stereocenters. The Bertz CT molecular complexity index is 2470. The van der Waals surface area contributed by atoms with E-state index >= 15 is 0 Å². The zero-order chi connectivity index (χ0) is 64.0. The van der Waals surface area contributed by atoms with E-state index in [4.69, 9.17) is 0 Å². The quantitative estimate of drug-likeness (QED) is 0.119. The number of thioether (sulfide) groups is 24. The molecule has 44 heteroatoms. The van der Waals surface area contributed by atoms with Gasteiger partial charge < -0.3 is 108 Å². The van der Waals surface area contributed by atoms with Crippen LogP contribution >= 0.6 is 330 Å². The minimum atomic E-state index is -0.232. The van der Waals surface area contributed by atoms with Gasteiger partial charge in [-0.05, 0) is 219 Å². The first-order valence-electron chi connectivity index (χ1n) is 29.8. The summed E-state index contributed by atoms with van der Waals surface area (Å²) in [5.41, 5.74) is 0. The smallest absolute Gasteiger partial charge is 2.00 e. The summed E-state index contributed by atoms with van der Waals surface area (Å²) in [5.74, 6) is 0. The van der Waals surface area contributed by atoms with Crippen molar-refractivity contribution in [3.8, 4) is 0 Å². The number of hydrogen-bond acceptors (Lipinski definition) is 24. The zero-order valence-electron chi connectivity index (χ0n) is 58.4. The van der Waals surface area contributed by atoms with Gasteiger partial charge in [0.15, 0.2) is 0 Å². The molecule has 0 aromatic heterocycles. The van der Waals surface area contributed by atoms with Crippen LogP contribution in [0.15, 0.2) is 176 Å². The second-order valence-electron chi connectivity index (χ2n) is 18.6. The Hall–Kier alpha value is 13.2. The van der Waals surface area contributed by atoms with Crippen LogP contribution in [0.5, 0.6) is 0 Å². The summed E-state index contributed by atoms with van der Waals surface area (Å²) >= 11 is 46.2. The van der Waals surface area contributed by atoms with Crippen LogP contribution in [-0.4, -0.2) is 73.9 Å². The van der Waals surface area contributed by atoms with Crippen molar-refractivity contribution < 1.29 is 126 Å². The van der Waals surface area contributed by atoms with Crippen LogP contribution in [0.25, 0.3) is 0 Å². The standard InChI is InChI=1S/6C10H13PS4.8S.6W/c6*1-3-11(4-2)8-7-14-10(15-8)9-12-5-6-13-9;;;;;;;;;;;;;;/h6*5-7H,3-4H2,1-2H3;;;;;;;;;;;;;;/q;;;;;;8*-2;;;;;2*+2/p+6. The van der Waals surface area contributed by atoms with Crippen LogP contribution in [0.2, 0.25) is 0 Å². The molecule has 104 heavy (non-hydrogen) atoms. The summed E-state index contributed by atoms with van der Waals surface area (Å²) in [6.07, 6.45) is 16.4. The Morgan fingerprint density at radius 2 is 0.269 bits per heavy atom. The molecule has 588 valence electrons. The molecule has 0 nitrogen and oxygen atoms in total. The Morgan fingerprint density at radius 3 is 0.356 bits per heavy atom. The molecule has 0 amide bonds. The van der Waals surface area contributed by atoms with E-state index in [1.807, 2.05) is 282 Å². The van der Waals surface area contributed by atoms with Gasteiger partial charge in [0, 0.05) is 164 Å². The third-order valence-electron chi connectivity index (χ3n) is 13.5. The molecule has 0 saturated carbocycles. The molecule has 0 bridgehead atoms. The molecular weight excluding hydrogens is 3040 g/mol. The van der Waals surface area contributed by atoms with Crippen molar-refractivity contribution in [2.75, 3.05) is 73.9 Å². The van der Waals surface area contributed by atoms with Crippen molar-refractivity contribution in [3.63, 3.8) is 0 Å². The van der Waals surface area contributed by atoms with Crippen molar-refractivity contribution in [1.82, 2.24) is 0 Å². The monoisotopic (exact) mass is 3120 g/mol. The third kappa shape index (κ3) is 45.8. The van der Waals surface area contributed by atoms with Crippen LogP contribution in [0.4, 0.5) is 0 Å². The van der Waals surface area contributed by atoms with Crippen molar-refractivity contribution >= 4 is 438 Å². The molecule has 0 saturated heterocycles. The average Bonchev–Trinajstić information content (AvgIpc) is 1.76. The van der Waals surface area contributed by atoms with Crippen LogP contribution in [-0.2, 0) is 234 Å². The Kier molecular flexibility index (Phi) is 102. The normalized spacial score (nSPS) is 17.8. The Balaban J connectivity index is -0.000000173. The predicted molar refractivity (Wildman–Crippen MR) is 563 cm³/mol. The molecule has 0 aliphatic carbocycles. The maximum Gasteiger partial charge on any atom is 2.00 e. The Morgan fingerprint density at radius 1 is 0.173 bits per heavy atom. The molecule has 0 atom stereocenters. The minimum absolute atomic E-state index is 0. The van der Waals surface area contributed by atoms with Crippen LogP contribution in [0.1, 0.15) is 83.1 Å². The van der Waals surface area contributed by atoms with Gasteiger partial charge in [-0.1, -0.05) is 212 Å². The van der Waals surface area contributed by atoms with Gasteiger partial charge in [-0.15, -0.1) is 0 Å². The van der Waals surface area contributed by atoms with E-state index in [1.165, 1.54) is 125 Å². The van der Waals surface area contributed by atoms with Gasteiger partial charge in [0.2, 0.25) is 0 Å². The fourth-order valence-corrected chi connectivity index (χ4v) is 57.0. The molecular formula is C60H84P6S32W6-6. The van der Waals surface area contributed by atoms with Crippen molar-refractivity contribution in [3.05, 3.63) is 176 Å². The summed E-state index contributed by atoms with van der Waals surface area (Å²) in [6.45, 7) is 27.9. The number of hydrogen-bond donors (Lipinski definition) is 0. The van der Waals surface area contributed by atoms with Crippen molar-refractivity contribution in [2.24, 2.45) is 0 Å². The van der Waals surface area contributed by atoms with Gasteiger partial charge in [-0.25, -0.2) is 0 Å². The second-order valence-corrected chi connectivity index (χ2v) is 65.4. The van der Waals surface area contributed by atoms with E-state index < -0.39 is 0 Å². The van der Waals surface area contributed by atoms with Gasteiger partial charge >= 0.3 is 42.1 Å². The molecule has 0 radical (unpaired) electrons. The molecule has 0 spiro atoms. The SMILES string of the molecule is CC[PH+](CC)C1=CSC(=C2SC=CS2)S1.CC[PH+](CC)C1=CSC(=C2SC=CS2)S1.CC[PH+](CC)C1=CSC(=C2SC=CS2)S1.CC[PH+](CC)C1=CSC(=C2SC=CS2)S1.CC[PH+](CC)C1=CSC(=C2SC=CS2)S1.CC[PH+](CC)C1=CSC(=C2SC=CS2)S1.[S-2].[S-2].[S-2].[S-2].[S-2].[S-2].[S-2].[S-2].[W+2].[W+2].[W].[W].[W].[W]. The predicted octanol–water partition coefficient (Wildman–Crippen LogP) is 33.5. The summed E-state index contributed by atoms with van der Waals surface area (Å²) < 4.78 is 27.9. The minimum Gasteiger partial charge on any atom is -2.00 e. The summed E-state index contributed by atoms with van der Waals surface area (Å²) in [7, 11) is -1.39. The third-order valence-corrected chi connectivity index (χ3v) is 66.1. The summed E-state index contributed by atoms with van der Waals surface area (Å²) in [4.78, 5) is 0. The maximum atomic E-state index is 2.40. The largest absolute Gasteiger partial charge is 2.00 e. The van der Waals surface area contributed by atoms with Crippen molar-refractivity contribution in [1.29, 1.82) is 0 Å². The fourth-order valence-electron chi connectivity index (χ4n) is 8.41. The molecule has 0 aromatic rings. The van der Waals surface area contributed by atoms with E-state index in [0.717, 1.165) is 0 Å². The van der Waals surface area contributed by atoms with E-state index in [2.05, 4.69) is 180 Å². The zero-order valence-corrected chi connectivity index (χ0v) is 108. The van der Waals surface area contributed by atoms with Gasteiger partial charge in [-0.2, -0.15) is 0 Å². The van der Waals surface area contributed by atoms with E-state index in [1.54, 1.807) is 27.9 Å². The topological polar surface area (TPSA) is 0 Å².